The second-order valence-electron chi connectivity index (χ2n) is 6.59. The minimum Gasteiger partial charge on any atom is -0.396 e. The Morgan fingerprint density at radius 1 is 1.19 bits per heavy atom. The number of hydrogen-bond donors (Lipinski definition) is 1. The number of rotatable bonds is 5. The Bertz CT molecular complexity index is 981. The van der Waals surface area contributed by atoms with Gasteiger partial charge in [-0.15, -0.1) is 0 Å². The minimum atomic E-state index is -0.0210. The van der Waals surface area contributed by atoms with E-state index < -0.39 is 0 Å². The quantitative estimate of drug-likeness (QED) is 0.612. The van der Waals surface area contributed by atoms with Gasteiger partial charge in [-0.1, -0.05) is 57.9 Å². The molecule has 6 heteroatoms. The van der Waals surface area contributed by atoms with Crippen LogP contribution in [0, 0.1) is 0 Å². The van der Waals surface area contributed by atoms with E-state index in [1.807, 2.05) is 41.1 Å². The number of aliphatic hydroxyl groups excluding tert-OH is 1. The molecule has 1 unspecified atom stereocenters. The zero-order chi connectivity index (χ0) is 18.8. The normalized spacial score (nSPS) is 16.1. The lowest BCUT2D eigenvalue weighted by atomic mass is 9.94. The lowest BCUT2D eigenvalue weighted by molar-refractivity contribution is 0.287. The van der Waals surface area contributed by atoms with Gasteiger partial charge in [-0.2, -0.15) is 5.10 Å². The van der Waals surface area contributed by atoms with Crippen molar-refractivity contribution < 1.29 is 5.11 Å². The van der Waals surface area contributed by atoms with Gasteiger partial charge in [0.1, 0.15) is 5.82 Å². The van der Waals surface area contributed by atoms with Crippen LogP contribution >= 0.6 is 27.5 Å². The zero-order valence-corrected chi connectivity index (χ0v) is 17.0. The third-order valence-corrected chi connectivity index (χ3v) is 5.43. The molecule has 3 aromatic rings. The van der Waals surface area contributed by atoms with E-state index in [2.05, 4.69) is 34.1 Å². The standard InChI is InChI=1S/C21H19BrClN3O/c22-17-4-1-3-15(11-17)19-12-16(14-6-8-18(23)9-7-14)13-21-24-20(5-2-10-27)25-26(19)21/h1,3-4,6-9,11-12,19,27H,2,5,10,13H2. The first-order valence-electron chi connectivity index (χ1n) is 8.91. The Morgan fingerprint density at radius 3 is 2.74 bits per heavy atom. The zero-order valence-electron chi connectivity index (χ0n) is 14.6. The lowest BCUT2D eigenvalue weighted by Gasteiger charge is -2.23. The van der Waals surface area contributed by atoms with Gasteiger partial charge in [-0.05, 0) is 47.4 Å². The van der Waals surface area contributed by atoms with E-state index in [0.29, 0.717) is 12.8 Å². The topological polar surface area (TPSA) is 50.9 Å². The van der Waals surface area contributed by atoms with Crippen molar-refractivity contribution in [1.29, 1.82) is 0 Å². The van der Waals surface area contributed by atoms with Gasteiger partial charge in [0, 0.05) is 28.9 Å². The summed E-state index contributed by atoms with van der Waals surface area (Å²) in [4.78, 5) is 4.74. The molecule has 4 rings (SSSR count). The van der Waals surface area contributed by atoms with Crippen molar-refractivity contribution in [3.8, 4) is 0 Å². The summed E-state index contributed by atoms with van der Waals surface area (Å²) in [5, 5.41) is 14.6. The van der Waals surface area contributed by atoms with Crippen LogP contribution in [0.5, 0.6) is 0 Å². The molecule has 0 fully saturated rings. The van der Waals surface area contributed by atoms with Crippen molar-refractivity contribution in [3.05, 3.63) is 86.9 Å². The molecule has 1 aromatic heterocycles. The summed E-state index contributed by atoms with van der Waals surface area (Å²) in [7, 11) is 0. The summed E-state index contributed by atoms with van der Waals surface area (Å²) in [6.45, 7) is 0.146. The van der Waals surface area contributed by atoms with E-state index in [4.69, 9.17) is 26.8 Å². The van der Waals surface area contributed by atoms with Gasteiger partial charge >= 0.3 is 0 Å². The highest BCUT2D eigenvalue weighted by molar-refractivity contribution is 9.10. The number of hydrogen-bond acceptors (Lipinski definition) is 3. The van der Waals surface area contributed by atoms with Crippen molar-refractivity contribution in [1.82, 2.24) is 14.8 Å². The number of allylic oxidation sites excluding steroid dienone is 2. The van der Waals surface area contributed by atoms with Gasteiger partial charge in [0.05, 0.1) is 6.04 Å². The van der Waals surface area contributed by atoms with Gasteiger partial charge in [0.25, 0.3) is 0 Å². The summed E-state index contributed by atoms with van der Waals surface area (Å²) < 4.78 is 3.04. The maximum atomic E-state index is 9.12. The van der Waals surface area contributed by atoms with Crippen molar-refractivity contribution in [2.45, 2.75) is 25.3 Å². The lowest BCUT2D eigenvalue weighted by Crippen LogP contribution is -2.19. The van der Waals surface area contributed by atoms with Crippen LogP contribution in [0.15, 0.2) is 59.1 Å². The number of benzene rings is 2. The third-order valence-electron chi connectivity index (χ3n) is 4.68. The summed E-state index contributed by atoms with van der Waals surface area (Å²) >= 11 is 9.62. The van der Waals surface area contributed by atoms with Gasteiger partial charge < -0.3 is 5.11 Å². The number of aromatic nitrogens is 3. The highest BCUT2D eigenvalue weighted by atomic mass is 79.9. The summed E-state index contributed by atoms with van der Waals surface area (Å²) in [6.07, 6.45) is 4.32. The van der Waals surface area contributed by atoms with E-state index in [1.54, 1.807) is 0 Å². The minimum absolute atomic E-state index is 0.0210. The molecule has 0 saturated carbocycles. The van der Waals surface area contributed by atoms with E-state index >= 15 is 0 Å². The second kappa shape index (κ2) is 7.97. The molecular formula is C21H19BrClN3O. The molecule has 0 aliphatic carbocycles. The molecule has 27 heavy (non-hydrogen) atoms. The van der Waals surface area contributed by atoms with Crippen LogP contribution in [0.3, 0.4) is 0 Å². The predicted molar refractivity (Wildman–Crippen MR) is 111 cm³/mol. The molecule has 0 bridgehead atoms. The van der Waals surface area contributed by atoms with Crippen molar-refractivity contribution >= 4 is 33.1 Å². The number of halogens is 2. The molecule has 1 aliphatic rings. The average Bonchev–Trinajstić information content (AvgIpc) is 3.09. The van der Waals surface area contributed by atoms with Crippen LogP contribution in [0.1, 0.15) is 35.2 Å². The number of aliphatic hydroxyl groups is 1. The van der Waals surface area contributed by atoms with Crippen LogP contribution in [0.4, 0.5) is 0 Å². The Labute approximate surface area is 171 Å². The Kier molecular flexibility index (Phi) is 5.43. The molecule has 0 saturated heterocycles. The van der Waals surface area contributed by atoms with Gasteiger partial charge in [0.2, 0.25) is 0 Å². The van der Waals surface area contributed by atoms with Crippen LogP contribution < -0.4 is 0 Å². The summed E-state index contributed by atoms with van der Waals surface area (Å²) in [5.41, 5.74) is 3.51. The molecule has 0 radical (unpaired) electrons. The molecule has 0 amide bonds. The number of fused-ring (bicyclic) bond motifs is 1. The van der Waals surface area contributed by atoms with Crippen LogP contribution in [-0.2, 0) is 12.8 Å². The monoisotopic (exact) mass is 443 g/mol. The highest BCUT2D eigenvalue weighted by Crippen LogP contribution is 2.33. The van der Waals surface area contributed by atoms with Gasteiger partial charge in [0.15, 0.2) is 5.82 Å². The maximum absolute atomic E-state index is 9.12. The summed E-state index contributed by atoms with van der Waals surface area (Å²) in [5.74, 6) is 1.73. The smallest absolute Gasteiger partial charge is 0.151 e. The van der Waals surface area contributed by atoms with Crippen LogP contribution in [-0.4, -0.2) is 26.5 Å². The molecule has 1 aliphatic heterocycles. The molecule has 4 nitrogen and oxygen atoms in total. The fraction of sp³-hybridized carbons (Fsp3) is 0.238. The molecule has 1 N–H and O–H groups in total. The Balaban J connectivity index is 1.77. The first kappa shape index (κ1) is 18.4. The fourth-order valence-corrected chi connectivity index (χ4v) is 3.91. The number of aryl methyl sites for hydroxylation is 1. The first-order valence-corrected chi connectivity index (χ1v) is 10.1. The van der Waals surface area contributed by atoms with E-state index in [9.17, 15) is 0 Å². The second-order valence-corrected chi connectivity index (χ2v) is 7.94. The van der Waals surface area contributed by atoms with E-state index in [0.717, 1.165) is 38.7 Å². The predicted octanol–water partition coefficient (Wildman–Crippen LogP) is 4.85. The van der Waals surface area contributed by atoms with Crippen molar-refractivity contribution in [2.24, 2.45) is 0 Å². The van der Waals surface area contributed by atoms with Gasteiger partial charge in [-0.3, -0.25) is 0 Å². The molecule has 2 aromatic carbocycles. The molecule has 138 valence electrons. The largest absolute Gasteiger partial charge is 0.396 e. The van der Waals surface area contributed by atoms with Crippen molar-refractivity contribution in [3.63, 3.8) is 0 Å². The fourth-order valence-electron chi connectivity index (χ4n) is 3.37. The first-order chi connectivity index (χ1) is 13.1. The Morgan fingerprint density at radius 2 is 2.00 bits per heavy atom. The number of nitrogens with zero attached hydrogens (tertiary/aromatic N) is 3. The molecule has 1 atom stereocenters. The third kappa shape index (κ3) is 4.00. The highest BCUT2D eigenvalue weighted by Gasteiger charge is 2.25. The Hall–Kier alpha value is -1.95. The summed E-state index contributed by atoms with van der Waals surface area (Å²) in [6, 6.07) is 16.2. The van der Waals surface area contributed by atoms with Gasteiger partial charge in [-0.25, -0.2) is 9.67 Å². The molecular weight excluding hydrogens is 426 g/mol. The molecule has 0 spiro atoms. The van der Waals surface area contributed by atoms with Crippen LogP contribution in [0.2, 0.25) is 5.02 Å². The molecule has 2 heterocycles. The van der Waals surface area contributed by atoms with Crippen LogP contribution in [0.25, 0.3) is 5.57 Å². The maximum Gasteiger partial charge on any atom is 0.151 e. The SMILES string of the molecule is OCCCc1nc2n(n1)C(c1cccc(Br)c1)C=C(c1ccc(Cl)cc1)C2. The van der Waals surface area contributed by atoms with Crippen molar-refractivity contribution in [2.75, 3.05) is 6.61 Å². The van der Waals surface area contributed by atoms with E-state index in [-0.39, 0.29) is 12.6 Å². The average molecular weight is 445 g/mol. The van der Waals surface area contributed by atoms with E-state index in [1.165, 1.54) is 5.57 Å².